The third-order valence-electron chi connectivity index (χ3n) is 4.08. The molecule has 1 aliphatic rings. The zero-order valence-electron chi connectivity index (χ0n) is 11.6. The van der Waals surface area contributed by atoms with Gasteiger partial charge in [-0.2, -0.15) is 11.3 Å². The van der Waals surface area contributed by atoms with Crippen LogP contribution in [0.1, 0.15) is 44.1 Å². The van der Waals surface area contributed by atoms with Crippen molar-refractivity contribution in [3.8, 4) is 0 Å². The lowest BCUT2D eigenvalue weighted by Crippen LogP contribution is -2.43. The molecule has 1 aromatic rings. The smallest absolute Gasteiger partial charge is 0.311 e. The van der Waals surface area contributed by atoms with Crippen molar-refractivity contribution < 1.29 is 14.7 Å². The molecule has 1 aromatic heterocycles. The summed E-state index contributed by atoms with van der Waals surface area (Å²) in [5, 5.41) is 16.2. The number of rotatable bonds is 5. The van der Waals surface area contributed by atoms with Crippen molar-refractivity contribution in [2.75, 3.05) is 6.54 Å². The van der Waals surface area contributed by atoms with Crippen molar-refractivity contribution in [2.45, 2.75) is 44.9 Å². The van der Waals surface area contributed by atoms with Crippen LogP contribution in [0.15, 0.2) is 16.8 Å². The first-order valence-corrected chi connectivity index (χ1v) is 8.08. The average molecular weight is 295 g/mol. The molecule has 20 heavy (non-hydrogen) atoms. The van der Waals surface area contributed by atoms with Gasteiger partial charge in [0, 0.05) is 6.54 Å². The molecule has 1 aliphatic carbocycles. The van der Waals surface area contributed by atoms with Gasteiger partial charge in [0.1, 0.15) is 0 Å². The van der Waals surface area contributed by atoms with E-state index < -0.39 is 11.4 Å². The number of amides is 1. The summed E-state index contributed by atoms with van der Waals surface area (Å²) >= 11 is 1.56. The third-order valence-corrected chi connectivity index (χ3v) is 4.82. The molecule has 1 heterocycles. The molecule has 110 valence electrons. The Bertz CT molecular complexity index is 448. The van der Waals surface area contributed by atoms with Gasteiger partial charge in [-0.1, -0.05) is 25.7 Å². The Morgan fingerprint density at radius 2 is 1.95 bits per heavy atom. The standard InChI is InChI=1S/C15H21NO3S/c17-13(9-12-5-8-20-10-12)16-11-15(14(18)19)6-3-1-2-4-7-15/h5,8,10H,1-4,6-7,9,11H2,(H,16,17)(H,18,19). The minimum absolute atomic E-state index is 0.0896. The maximum absolute atomic E-state index is 11.9. The number of hydrogen-bond donors (Lipinski definition) is 2. The maximum atomic E-state index is 11.9. The fourth-order valence-electron chi connectivity index (χ4n) is 2.78. The summed E-state index contributed by atoms with van der Waals surface area (Å²) in [5.74, 6) is -0.858. The molecule has 0 spiro atoms. The van der Waals surface area contributed by atoms with Crippen molar-refractivity contribution in [1.29, 1.82) is 0 Å². The summed E-state index contributed by atoms with van der Waals surface area (Å²) < 4.78 is 0. The average Bonchev–Trinajstić information content (AvgIpc) is 2.79. The molecule has 0 bridgehead atoms. The molecule has 2 rings (SSSR count). The van der Waals surface area contributed by atoms with Crippen LogP contribution in [0, 0.1) is 5.41 Å². The molecule has 0 atom stereocenters. The minimum atomic E-state index is -0.768. The van der Waals surface area contributed by atoms with Crippen LogP contribution < -0.4 is 5.32 Å². The molecule has 2 N–H and O–H groups in total. The number of aliphatic carboxylic acids is 1. The van der Waals surface area contributed by atoms with Gasteiger partial charge < -0.3 is 10.4 Å². The molecule has 1 amide bonds. The van der Waals surface area contributed by atoms with E-state index in [1.165, 1.54) is 0 Å². The predicted molar refractivity (Wildman–Crippen MR) is 78.8 cm³/mol. The highest BCUT2D eigenvalue weighted by atomic mass is 32.1. The van der Waals surface area contributed by atoms with E-state index in [0.717, 1.165) is 31.2 Å². The molecule has 0 aliphatic heterocycles. The molecular weight excluding hydrogens is 274 g/mol. The SMILES string of the molecule is O=C(Cc1ccsc1)NCC1(C(=O)O)CCCCCC1. The Morgan fingerprint density at radius 3 is 2.50 bits per heavy atom. The van der Waals surface area contributed by atoms with Crippen molar-refractivity contribution in [3.63, 3.8) is 0 Å². The monoisotopic (exact) mass is 295 g/mol. The van der Waals surface area contributed by atoms with Gasteiger partial charge in [-0.15, -0.1) is 0 Å². The van der Waals surface area contributed by atoms with Gasteiger partial charge in [-0.3, -0.25) is 9.59 Å². The summed E-state index contributed by atoms with van der Waals surface area (Å²) in [6, 6.07) is 1.92. The molecule has 0 unspecified atom stereocenters. The Hall–Kier alpha value is -1.36. The molecule has 0 aromatic carbocycles. The number of nitrogens with one attached hydrogen (secondary N) is 1. The van der Waals surface area contributed by atoms with Crippen molar-refractivity contribution in [1.82, 2.24) is 5.32 Å². The Morgan fingerprint density at radius 1 is 1.25 bits per heavy atom. The first-order valence-electron chi connectivity index (χ1n) is 7.14. The van der Waals surface area contributed by atoms with Gasteiger partial charge >= 0.3 is 5.97 Å². The summed E-state index contributed by atoms with van der Waals surface area (Å²) in [5.41, 5.74) is 0.221. The third kappa shape index (κ3) is 3.82. The zero-order valence-corrected chi connectivity index (χ0v) is 12.4. The number of carboxylic acid groups (broad SMARTS) is 1. The fourth-order valence-corrected chi connectivity index (χ4v) is 3.45. The van der Waals surface area contributed by atoms with E-state index in [1.54, 1.807) is 11.3 Å². The topological polar surface area (TPSA) is 66.4 Å². The van der Waals surface area contributed by atoms with Crippen LogP contribution >= 0.6 is 11.3 Å². The van der Waals surface area contributed by atoms with Crippen LogP contribution in [0.5, 0.6) is 0 Å². The summed E-state index contributed by atoms with van der Waals surface area (Å²) in [6.07, 6.45) is 5.73. The van der Waals surface area contributed by atoms with Gasteiger partial charge in [-0.25, -0.2) is 0 Å². The van der Waals surface area contributed by atoms with Crippen molar-refractivity contribution in [3.05, 3.63) is 22.4 Å². The van der Waals surface area contributed by atoms with Gasteiger partial charge in [-0.05, 0) is 35.2 Å². The van der Waals surface area contributed by atoms with Crippen LogP contribution in [0.3, 0.4) is 0 Å². The van der Waals surface area contributed by atoms with Crippen LogP contribution in [-0.2, 0) is 16.0 Å². The first kappa shape index (κ1) is 15.0. The number of carbonyl (C=O) groups excluding carboxylic acids is 1. The Kier molecular flexibility index (Phi) is 5.17. The lowest BCUT2D eigenvalue weighted by molar-refractivity contribution is -0.149. The van der Waals surface area contributed by atoms with E-state index in [9.17, 15) is 14.7 Å². The quantitative estimate of drug-likeness (QED) is 0.821. The molecule has 0 saturated heterocycles. The van der Waals surface area contributed by atoms with Gasteiger partial charge in [0.15, 0.2) is 0 Å². The van der Waals surface area contributed by atoms with Crippen LogP contribution in [0.2, 0.25) is 0 Å². The zero-order chi connectivity index (χ0) is 14.4. The summed E-state index contributed by atoms with van der Waals surface area (Å²) in [6.45, 7) is 0.255. The lowest BCUT2D eigenvalue weighted by atomic mass is 9.80. The van der Waals surface area contributed by atoms with Crippen LogP contribution in [0.4, 0.5) is 0 Å². The normalized spacial score (nSPS) is 18.2. The second-order valence-corrected chi connectivity index (χ2v) is 6.36. The molecular formula is C15H21NO3S. The molecule has 4 nitrogen and oxygen atoms in total. The molecule has 5 heteroatoms. The van der Waals surface area contributed by atoms with E-state index in [0.29, 0.717) is 19.3 Å². The van der Waals surface area contributed by atoms with E-state index in [1.807, 2.05) is 16.8 Å². The van der Waals surface area contributed by atoms with Gasteiger partial charge in [0.05, 0.1) is 11.8 Å². The number of hydrogen-bond acceptors (Lipinski definition) is 3. The van der Waals surface area contributed by atoms with Crippen LogP contribution in [-0.4, -0.2) is 23.5 Å². The highest BCUT2D eigenvalue weighted by Crippen LogP contribution is 2.34. The van der Waals surface area contributed by atoms with Crippen molar-refractivity contribution in [2.24, 2.45) is 5.41 Å². The van der Waals surface area contributed by atoms with E-state index >= 15 is 0 Å². The van der Waals surface area contributed by atoms with E-state index in [2.05, 4.69) is 5.32 Å². The lowest BCUT2D eigenvalue weighted by Gasteiger charge is -2.28. The van der Waals surface area contributed by atoms with Crippen molar-refractivity contribution >= 4 is 23.2 Å². The molecule has 1 saturated carbocycles. The highest BCUT2D eigenvalue weighted by Gasteiger charge is 2.38. The highest BCUT2D eigenvalue weighted by molar-refractivity contribution is 7.07. The molecule has 0 radical (unpaired) electrons. The Labute approximate surface area is 123 Å². The summed E-state index contributed by atoms with van der Waals surface area (Å²) in [7, 11) is 0. The Balaban J connectivity index is 1.91. The number of thiophene rings is 1. The number of carbonyl (C=O) groups is 2. The summed E-state index contributed by atoms with van der Waals surface area (Å²) in [4.78, 5) is 23.5. The second kappa shape index (κ2) is 6.88. The predicted octanol–water partition coefficient (Wildman–Crippen LogP) is 2.83. The van der Waals surface area contributed by atoms with Gasteiger partial charge in [0.2, 0.25) is 5.91 Å². The van der Waals surface area contributed by atoms with Gasteiger partial charge in [0.25, 0.3) is 0 Å². The van der Waals surface area contributed by atoms with E-state index in [4.69, 9.17) is 0 Å². The minimum Gasteiger partial charge on any atom is -0.481 e. The molecule has 1 fully saturated rings. The van der Waals surface area contributed by atoms with Crippen LogP contribution in [0.25, 0.3) is 0 Å². The number of carboxylic acids is 1. The second-order valence-electron chi connectivity index (χ2n) is 5.58. The van der Waals surface area contributed by atoms with E-state index in [-0.39, 0.29) is 12.5 Å². The first-order chi connectivity index (χ1) is 9.62. The largest absolute Gasteiger partial charge is 0.481 e. The fraction of sp³-hybridized carbons (Fsp3) is 0.600. The maximum Gasteiger partial charge on any atom is 0.311 e.